The Labute approximate surface area is 124 Å². The molecule has 0 bridgehead atoms. The molecule has 20 heavy (non-hydrogen) atoms. The molecule has 1 atom stereocenters. The highest BCUT2D eigenvalue weighted by Gasteiger charge is 2.15. The summed E-state index contributed by atoms with van der Waals surface area (Å²) in [5, 5.41) is 4.67. The Morgan fingerprint density at radius 2 is 2.15 bits per heavy atom. The van der Waals surface area contributed by atoms with Gasteiger partial charge in [-0.25, -0.2) is 0 Å². The van der Waals surface area contributed by atoms with Crippen molar-refractivity contribution in [2.75, 3.05) is 6.54 Å². The van der Waals surface area contributed by atoms with Crippen LogP contribution < -0.4 is 5.73 Å². The van der Waals surface area contributed by atoms with E-state index in [1.54, 1.807) is 0 Å². The van der Waals surface area contributed by atoms with E-state index in [2.05, 4.69) is 24.0 Å². The van der Waals surface area contributed by atoms with E-state index in [-0.39, 0.29) is 0 Å². The standard InChI is InChI=1S/C15H20ClN3O/c1-10(2)6-11(9-17)7-14-18-15(19-20-14)12-4-3-5-13(16)8-12/h3-5,8,10-11H,6-7,9,17H2,1-2H3. The number of hydrogen-bond acceptors (Lipinski definition) is 4. The minimum Gasteiger partial charge on any atom is -0.339 e. The van der Waals surface area contributed by atoms with Gasteiger partial charge in [0.2, 0.25) is 11.7 Å². The van der Waals surface area contributed by atoms with Crippen LogP contribution in [-0.4, -0.2) is 16.7 Å². The summed E-state index contributed by atoms with van der Waals surface area (Å²) in [6.07, 6.45) is 1.79. The lowest BCUT2D eigenvalue weighted by Gasteiger charge is -2.14. The number of benzene rings is 1. The number of nitrogens with zero attached hydrogens (tertiary/aromatic N) is 2. The average molecular weight is 294 g/mol. The fourth-order valence-electron chi connectivity index (χ4n) is 2.26. The third-order valence-electron chi connectivity index (χ3n) is 3.15. The Kier molecular flexibility index (Phi) is 5.15. The lowest BCUT2D eigenvalue weighted by molar-refractivity contribution is 0.332. The monoisotopic (exact) mass is 293 g/mol. The van der Waals surface area contributed by atoms with Gasteiger partial charge < -0.3 is 10.3 Å². The van der Waals surface area contributed by atoms with Gasteiger partial charge in [-0.2, -0.15) is 4.98 Å². The van der Waals surface area contributed by atoms with Crippen LogP contribution in [0.5, 0.6) is 0 Å². The summed E-state index contributed by atoms with van der Waals surface area (Å²) < 4.78 is 5.31. The SMILES string of the molecule is CC(C)CC(CN)Cc1nc(-c2cccc(Cl)c2)no1. The molecule has 0 amide bonds. The number of hydrogen-bond donors (Lipinski definition) is 1. The molecule has 0 spiro atoms. The van der Waals surface area contributed by atoms with Crippen LogP contribution in [0, 0.1) is 11.8 Å². The summed E-state index contributed by atoms with van der Waals surface area (Å²) >= 11 is 5.96. The third-order valence-corrected chi connectivity index (χ3v) is 3.39. The van der Waals surface area contributed by atoms with E-state index in [0.29, 0.717) is 35.1 Å². The van der Waals surface area contributed by atoms with Gasteiger partial charge >= 0.3 is 0 Å². The topological polar surface area (TPSA) is 64.9 Å². The molecule has 2 aromatic rings. The minimum atomic E-state index is 0.377. The predicted molar refractivity (Wildman–Crippen MR) is 80.4 cm³/mol. The van der Waals surface area contributed by atoms with Crippen molar-refractivity contribution >= 4 is 11.6 Å². The van der Waals surface area contributed by atoms with E-state index in [0.717, 1.165) is 18.4 Å². The first-order chi connectivity index (χ1) is 9.58. The van der Waals surface area contributed by atoms with Gasteiger partial charge in [-0.1, -0.05) is 42.7 Å². The van der Waals surface area contributed by atoms with Gasteiger partial charge in [0.25, 0.3) is 0 Å². The fraction of sp³-hybridized carbons (Fsp3) is 0.467. The van der Waals surface area contributed by atoms with E-state index in [1.807, 2.05) is 24.3 Å². The van der Waals surface area contributed by atoms with E-state index in [9.17, 15) is 0 Å². The predicted octanol–water partition coefficient (Wildman–Crippen LogP) is 3.55. The summed E-state index contributed by atoms with van der Waals surface area (Å²) in [4.78, 5) is 4.42. The molecule has 4 nitrogen and oxygen atoms in total. The van der Waals surface area contributed by atoms with Crippen LogP contribution in [0.3, 0.4) is 0 Å². The van der Waals surface area contributed by atoms with Crippen molar-refractivity contribution in [3.63, 3.8) is 0 Å². The molecule has 2 N–H and O–H groups in total. The van der Waals surface area contributed by atoms with Gasteiger partial charge in [-0.3, -0.25) is 0 Å². The highest BCUT2D eigenvalue weighted by atomic mass is 35.5. The average Bonchev–Trinajstić information content (AvgIpc) is 2.86. The molecule has 108 valence electrons. The molecule has 1 unspecified atom stereocenters. The van der Waals surface area contributed by atoms with Gasteiger partial charge in [0.05, 0.1) is 0 Å². The molecule has 0 aliphatic heterocycles. The maximum absolute atomic E-state index is 5.96. The zero-order chi connectivity index (χ0) is 14.5. The van der Waals surface area contributed by atoms with E-state index >= 15 is 0 Å². The van der Waals surface area contributed by atoms with E-state index in [1.165, 1.54) is 0 Å². The molecule has 0 aliphatic rings. The van der Waals surface area contributed by atoms with Crippen LogP contribution in [0.15, 0.2) is 28.8 Å². The highest BCUT2D eigenvalue weighted by Crippen LogP contribution is 2.21. The second-order valence-corrected chi connectivity index (χ2v) is 5.89. The van der Waals surface area contributed by atoms with Crippen molar-refractivity contribution in [2.45, 2.75) is 26.7 Å². The van der Waals surface area contributed by atoms with Gasteiger partial charge in [-0.15, -0.1) is 0 Å². The minimum absolute atomic E-state index is 0.377. The normalized spacial score (nSPS) is 12.8. The first-order valence-electron chi connectivity index (χ1n) is 6.87. The third kappa shape index (κ3) is 4.05. The number of rotatable bonds is 6. The Bertz CT molecular complexity index is 554. The fourth-order valence-corrected chi connectivity index (χ4v) is 2.45. The second-order valence-electron chi connectivity index (χ2n) is 5.46. The van der Waals surface area contributed by atoms with Gasteiger partial charge in [-0.05, 0) is 36.9 Å². The number of halogens is 1. The summed E-state index contributed by atoms with van der Waals surface area (Å²) in [5.74, 6) is 2.19. The summed E-state index contributed by atoms with van der Waals surface area (Å²) in [6.45, 7) is 5.01. The Morgan fingerprint density at radius 3 is 2.80 bits per heavy atom. The number of aromatic nitrogens is 2. The van der Waals surface area contributed by atoms with Crippen LogP contribution in [-0.2, 0) is 6.42 Å². The molecule has 1 heterocycles. The maximum atomic E-state index is 5.96. The maximum Gasteiger partial charge on any atom is 0.227 e. The molecule has 0 fully saturated rings. The van der Waals surface area contributed by atoms with Crippen molar-refractivity contribution in [1.82, 2.24) is 10.1 Å². The van der Waals surface area contributed by atoms with Crippen LogP contribution in [0.4, 0.5) is 0 Å². The summed E-state index contributed by atoms with van der Waals surface area (Å²) in [5.41, 5.74) is 6.66. The largest absolute Gasteiger partial charge is 0.339 e. The molecule has 0 aliphatic carbocycles. The zero-order valence-corrected chi connectivity index (χ0v) is 12.6. The Balaban J connectivity index is 2.09. The molecule has 5 heteroatoms. The molecule has 1 aromatic carbocycles. The van der Waals surface area contributed by atoms with Crippen LogP contribution in [0.25, 0.3) is 11.4 Å². The molecule has 0 saturated carbocycles. The van der Waals surface area contributed by atoms with Crippen molar-refractivity contribution in [2.24, 2.45) is 17.6 Å². The quantitative estimate of drug-likeness (QED) is 0.884. The van der Waals surface area contributed by atoms with Crippen molar-refractivity contribution in [3.05, 3.63) is 35.2 Å². The molecular weight excluding hydrogens is 274 g/mol. The molecule has 0 saturated heterocycles. The van der Waals surface area contributed by atoms with Gasteiger partial charge in [0.15, 0.2) is 0 Å². The van der Waals surface area contributed by atoms with Gasteiger partial charge in [0.1, 0.15) is 0 Å². The van der Waals surface area contributed by atoms with E-state index < -0.39 is 0 Å². The van der Waals surface area contributed by atoms with Crippen molar-refractivity contribution in [3.8, 4) is 11.4 Å². The molecular formula is C15H20ClN3O. The molecule has 0 radical (unpaired) electrons. The van der Waals surface area contributed by atoms with Crippen LogP contribution in [0.2, 0.25) is 5.02 Å². The van der Waals surface area contributed by atoms with Crippen LogP contribution in [0.1, 0.15) is 26.2 Å². The van der Waals surface area contributed by atoms with Crippen molar-refractivity contribution < 1.29 is 4.52 Å². The zero-order valence-electron chi connectivity index (χ0n) is 11.8. The molecule has 2 rings (SSSR count). The van der Waals surface area contributed by atoms with Gasteiger partial charge in [0, 0.05) is 17.0 Å². The number of nitrogens with two attached hydrogens (primary N) is 1. The smallest absolute Gasteiger partial charge is 0.227 e. The van der Waals surface area contributed by atoms with E-state index in [4.69, 9.17) is 21.9 Å². The Morgan fingerprint density at radius 1 is 1.35 bits per heavy atom. The highest BCUT2D eigenvalue weighted by molar-refractivity contribution is 6.30. The lowest BCUT2D eigenvalue weighted by Crippen LogP contribution is -2.19. The summed E-state index contributed by atoms with van der Waals surface area (Å²) in [6, 6.07) is 7.42. The first kappa shape index (κ1) is 15.0. The first-order valence-corrected chi connectivity index (χ1v) is 7.25. The van der Waals surface area contributed by atoms with Crippen molar-refractivity contribution in [1.29, 1.82) is 0 Å². The summed E-state index contributed by atoms with van der Waals surface area (Å²) in [7, 11) is 0. The lowest BCUT2D eigenvalue weighted by atomic mass is 9.94. The Hall–Kier alpha value is -1.39. The second kappa shape index (κ2) is 6.86. The molecule has 1 aromatic heterocycles. The van der Waals surface area contributed by atoms with Crippen LogP contribution >= 0.6 is 11.6 Å².